The van der Waals surface area contributed by atoms with E-state index >= 15 is 0 Å². The summed E-state index contributed by atoms with van der Waals surface area (Å²) in [4.78, 5) is 2.81. The molecule has 0 aromatic carbocycles. The van der Waals surface area contributed by atoms with Crippen LogP contribution in [0.2, 0.25) is 0 Å². The van der Waals surface area contributed by atoms with Crippen LogP contribution in [0, 0.1) is 13.8 Å². The second-order valence-corrected chi connectivity index (χ2v) is 6.34. The van der Waals surface area contributed by atoms with Crippen molar-refractivity contribution >= 4 is 38.6 Å². The van der Waals surface area contributed by atoms with Crippen molar-refractivity contribution < 1.29 is 0 Å². The molecule has 0 saturated heterocycles. The number of aryl methyl sites for hydroxylation is 2. The van der Waals surface area contributed by atoms with Crippen LogP contribution in [0.5, 0.6) is 0 Å². The second-order valence-electron chi connectivity index (χ2n) is 3.00. The lowest BCUT2D eigenvalue weighted by atomic mass is 10.2. The predicted octanol–water partition coefficient (Wildman–Crippen LogP) is 4.86. The van der Waals surface area contributed by atoms with Gasteiger partial charge in [0, 0.05) is 9.75 Å². The Labute approximate surface area is 94.4 Å². The lowest BCUT2D eigenvalue weighted by Gasteiger charge is -1.96. The summed E-state index contributed by atoms with van der Waals surface area (Å²) in [6.45, 7) is 4.33. The monoisotopic (exact) mass is 272 g/mol. The Morgan fingerprint density at radius 3 is 2.38 bits per heavy atom. The van der Waals surface area contributed by atoms with Gasteiger partial charge in [-0.3, -0.25) is 0 Å². The second kappa shape index (κ2) is 3.56. The third kappa shape index (κ3) is 1.73. The molecule has 0 aliphatic rings. The van der Waals surface area contributed by atoms with E-state index in [2.05, 4.69) is 47.3 Å². The molecule has 0 spiro atoms. The SMILES string of the molecule is Cc1ccsc1-c1sc(Br)cc1C. The van der Waals surface area contributed by atoms with Crippen molar-refractivity contribution in [2.45, 2.75) is 13.8 Å². The number of hydrogen-bond donors (Lipinski definition) is 0. The van der Waals surface area contributed by atoms with Crippen LogP contribution in [0.3, 0.4) is 0 Å². The van der Waals surface area contributed by atoms with E-state index < -0.39 is 0 Å². The Bertz CT molecular complexity index is 426. The van der Waals surface area contributed by atoms with Gasteiger partial charge in [0.2, 0.25) is 0 Å². The summed E-state index contributed by atoms with van der Waals surface area (Å²) < 4.78 is 1.22. The first-order chi connectivity index (χ1) is 6.18. The summed E-state index contributed by atoms with van der Waals surface area (Å²) in [5, 5.41) is 2.15. The van der Waals surface area contributed by atoms with Gasteiger partial charge in [-0.25, -0.2) is 0 Å². The molecule has 0 saturated carbocycles. The molecule has 0 fully saturated rings. The van der Waals surface area contributed by atoms with Crippen LogP contribution in [-0.4, -0.2) is 0 Å². The lowest BCUT2D eigenvalue weighted by Crippen LogP contribution is -1.72. The minimum absolute atomic E-state index is 1.22. The van der Waals surface area contributed by atoms with Gasteiger partial charge < -0.3 is 0 Å². The molecular formula is C10H9BrS2. The summed E-state index contributed by atoms with van der Waals surface area (Å²) in [6, 6.07) is 4.35. The molecule has 68 valence electrons. The van der Waals surface area contributed by atoms with E-state index in [1.807, 2.05) is 22.7 Å². The van der Waals surface area contributed by atoms with Gasteiger partial charge in [0.1, 0.15) is 0 Å². The van der Waals surface area contributed by atoms with Crippen molar-refractivity contribution in [1.82, 2.24) is 0 Å². The minimum atomic E-state index is 1.22. The molecule has 0 nitrogen and oxygen atoms in total. The maximum absolute atomic E-state index is 3.52. The summed E-state index contributed by atoms with van der Waals surface area (Å²) in [5.41, 5.74) is 2.74. The normalized spacial score (nSPS) is 10.7. The van der Waals surface area contributed by atoms with Gasteiger partial charge in [0.25, 0.3) is 0 Å². The Morgan fingerprint density at radius 2 is 1.92 bits per heavy atom. The third-order valence-electron chi connectivity index (χ3n) is 1.96. The molecule has 0 aliphatic carbocycles. The van der Waals surface area contributed by atoms with Crippen molar-refractivity contribution in [3.63, 3.8) is 0 Å². The fourth-order valence-electron chi connectivity index (χ4n) is 1.27. The van der Waals surface area contributed by atoms with Gasteiger partial charge in [-0.1, -0.05) is 0 Å². The average molecular weight is 273 g/mol. The summed E-state index contributed by atoms with van der Waals surface area (Å²) in [7, 11) is 0. The molecule has 0 amide bonds. The maximum atomic E-state index is 3.52. The molecule has 0 unspecified atom stereocenters. The van der Waals surface area contributed by atoms with Crippen LogP contribution < -0.4 is 0 Å². The number of halogens is 1. The zero-order chi connectivity index (χ0) is 9.42. The van der Waals surface area contributed by atoms with Crippen molar-refractivity contribution in [3.05, 3.63) is 32.4 Å². The first kappa shape index (κ1) is 9.44. The van der Waals surface area contributed by atoms with E-state index in [9.17, 15) is 0 Å². The molecule has 0 atom stereocenters. The van der Waals surface area contributed by atoms with Crippen LogP contribution in [-0.2, 0) is 0 Å². The largest absolute Gasteiger partial charge is 0.143 e. The third-order valence-corrected chi connectivity index (χ3v) is 4.88. The predicted molar refractivity (Wildman–Crippen MR) is 64.8 cm³/mol. The van der Waals surface area contributed by atoms with Gasteiger partial charge in [-0.2, -0.15) is 0 Å². The number of hydrogen-bond acceptors (Lipinski definition) is 2. The van der Waals surface area contributed by atoms with Gasteiger partial charge in [-0.15, -0.1) is 22.7 Å². The van der Waals surface area contributed by atoms with Gasteiger partial charge in [0.15, 0.2) is 0 Å². The molecule has 13 heavy (non-hydrogen) atoms. The van der Waals surface area contributed by atoms with Crippen LogP contribution in [0.4, 0.5) is 0 Å². The summed E-state index contributed by atoms with van der Waals surface area (Å²) in [6.07, 6.45) is 0. The molecule has 0 N–H and O–H groups in total. The Balaban J connectivity index is 2.58. The van der Waals surface area contributed by atoms with E-state index in [0.29, 0.717) is 0 Å². The van der Waals surface area contributed by atoms with Crippen molar-refractivity contribution in [2.75, 3.05) is 0 Å². The fourth-order valence-corrected chi connectivity index (χ4v) is 4.21. The molecule has 0 radical (unpaired) electrons. The quantitative estimate of drug-likeness (QED) is 0.696. The Morgan fingerprint density at radius 1 is 1.15 bits per heavy atom. The van der Waals surface area contributed by atoms with Gasteiger partial charge in [0.05, 0.1) is 3.79 Å². The van der Waals surface area contributed by atoms with Crippen molar-refractivity contribution in [3.8, 4) is 9.75 Å². The van der Waals surface area contributed by atoms with Crippen LogP contribution in [0.1, 0.15) is 11.1 Å². The Kier molecular flexibility index (Phi) is 2.58. The van der Waals surface area contributed by atoms with Crippen LogP contribution in [0.15, 0.2) is 21.3 Å². The smallest absolute Gasteiger partial charge is 0.0708 e. The molecule has 0 aliphatic heterocycles. The number of rotatable bonds is 1. The number of thiophene rings is 2. The van der Waals surface area contributed by atoms with Gasteiger partial charge in [-0.05, 0) is 58.4 Å². The maximum Gasteiger partial charge on any atom is 0.0708 e. The standard InChI is InChI=1S/C10H9BrS2/c1-6-3-4-12-9(6)10-7(2)5-8(11)13-10/h3-5H,1-2H3. The van der Waals surface area contributed by atoms with Crippen LogP contribution in [0.25, 0.3) is 9.75 Å². The van der Waals surface area contributed by atoms with E-state index in [-0.39, 0.29) is 0 Å². The highest BCUT2D eigenvalue weighted by molar-refractivity contribution is 9.11. The molecule has 2 aromatic heterocycles. The van der Waals surface area contributed by atoms with E-state index in [0.717, 1.165) is 0 Å². The van der Waals surface area contributed by atoms with Crippen molar-refractivity contribution in [2.24, 2.45) is 0 Å². The lowest BCUT2D eigenvalue weighted by molar-refractivity contribution is 1.51. The van der Waals surface area contributed by atoms with Crippen LogP contribution >= 0.6 is 38.6 Å². The minimum Gasteiger partial charge on any atom is -0.143 e. The molecule has 3 heteroatoms. The zero-order valence-corrected chi connectivity index (χ0v) is 10.6. The van der Waals surface area contributed by atoms with Crippen molar-refractivity contribution in [1.29, 1.82) is 0 Å². The van der Waals surface area contributed by atoms with E-state index in [4.69, 9.17) is 0 Å². The summed E-state index contributed by atoms with van der Waals surface area (Å²) in [5.74, 6) is 0. The first-order valence-corrected chi connectivity index (χ1v) is 6.48. The topological polar surface area (TPSA) is 0 Å². The fraction of sp³-hybridized carbons (Fsp3) is 0.200. The molecule has 0 bridgehead atoms. The highest BCUT2D eigenvalue weighted by atomic mass is 79.9. The van der Waals surface area contributed by atoms with E-state index in [1.165, 1.54) is 24.7 Å². The molecule has 2 rings (SSSR count). The van der Waals surface area contributed by atoms with E-state index in [1.54, 1.807) is 0 Å². The zero-order valence-electron chi connectivity index (χ0n) is 7.43. The summed E-state index contributed by atoms with van der Waals surface area (Å²) >= 11 is 7.15. The average Bonchev–Trinajstić information content (AvgIpc) is 2.58. The van der Waals surface area contributed by atoms with Gasteiger partial charge >= 0.3 is 0 Å². The highest BCUT2D eigenvalue weighted by Crippen LogP contribution is 2.39. The Hall–Kier alpha value is -0.120. The molecule has 2 aromatic rings. The molecular weight excluding hydrogens is 264 g/mol. The highest BCUT2D eigenvalue weighted by Gasteiger charge is 2.09. The first-order valence-electron chi connectivity index (χ1n) is 3.99. The molecule has 2 heterocycles.